The van der Waals surface area contributed by atoms with Gasteiger partial charge in [0.2, 0.25) is 0 Å². The zero-order valence-corrected chi connectivity index (χ0v) is 14.3. The highest BCUT2D eigenvalue weighted by Crippen LogP contribution is 2.37. The molecule has 24 heavy (non-hydrogen) atoms. The van der Waals surface area contributed by atoms with E-state index in [4.69, 9.17) is 0 Å². The molecule has 0 radical (unpaired) electrons. The summed E-state index contributed by atoms with van der Waals surface area (Å²) >= 11 is 1.47. The lowest BCUT2D eigenvalue weighted by Gasteiger charge is -2.35. The van der Waals surface area contributed by atoms with Gasteiger partial charge in [-0.1, -0.05) is 36.8 Å². The highest BCUT2D eigenvalue weighted by Gasteiger charge is 2.27. The summed E-state index contributed by atoms with van der Waals surface area (Å²) in [5, 5.41) is 5.59. The molecule has 0 saturated heterocycles. The molecule has 1 unspecified atom stereocenters. The molecular formula is C19H21N3OS. The third-order valence-electron chi connectivity index (χ3n) is 4.93. The van der Waals surface area contributed by atoms with Crippen molar-refractivity contribution < 1.29 is 0 Å². The number of rotatable bonds is 6. The van der Waals surface area contributed by atoms with Crippen LogP contribution in [0, 0.1) is 5.92 Å². The highest BCUT2D eigenvalue weighted by molar-refractivity contribution is 7.17. The second-order valence-corrected chi connectivity index (χ2v) is 7.33. The monoisotopic (exact) mass is 339 g/mol. The van der Waals surface area contributed by atoms with Crippen molar-refractivity contribution >= 4 is 21.6 Å². The molecule has 1 aliphatic carbocycles. The fourth-order valence-electron chi connectivity index (χ4n) is 3.37. The first-order valence-corrected chi connectivity index (χ1v) is 9.42. The third-order valence-corrected chi connectivity index (χ3v) is 5.82. The first kappa shape index (κ1) is 15.5. The summed E-state index contributed by atoms with van der Waals surface area (Å²) in [5.74, 6) is 0.710. The van der Waals surface area contributed by atoms with Gasteiger partial charge in [-0.25, -0.2) is 4.98 Å². The maximum absolute atomic E-state index is 12.4. The average Bonchev–Trinajstić information content (AvgIpc) is 3.04. The van der Waals surface area contributed by atoms with E-state index >= 15 is 0 Å². The van der Waals surface area contributed by atoms with Crippen molar-refractivity contribution in [2.45, 2.75) is 31.8 Å². The van der Waals surface area contributed by atoms with Gasteiger partial charge in [0.25, 0.3) is 5.56 Å². The van der Waals surface area contributed by atoms with Crippen molar-refractivity contribution in [3.8, 4) is 0 Å². The molecular weight excluding hydrogens is 318 g/mol. The number of thiophene rings is 1. The van der Waals surface area contributed by atoms with Crippen LogP contribution in [0.4, 0.5) is 0 Å². The third kappa shape index (κ3) is 3.01. The standard InChI is InChI=1S/C19H21N3OS/c23-19-18-16(9-12-24-18)21-13-22(19)11-10-20-17(15-7-4-8-15)14-5-2-1-3-6-14/h1-3,5-6,9,12-13,15,17,20H,4,7-8,10-11H2. The van der Waals surface area contributed by atoms with Crippen LogP contribution in [-0.4, -0.2) is 16.1 Å². The van der Waals surface area contributed by atoms with Crippen LogP contribution >= 0.6 is 11.3 Å². The van der Waals surface area contributed by atoms with Crippen molar-refractivity contribution in [1.82, 2.24) is 14.9 Å². The minimum Gasteiger partial charge on any atom is -0.308 e. The van der Waals surface area contributed by atoms with E-state index in [1.807, 2.05) is 11.4 Å². The second kappa shape index (κ2) is 6.87. The van der Waals surface area contributed by atoms with Crippen molar-refractivity contribution in [3.05, 3.63) is 64.0 Å². The molecule has 4 rings (SSSR count). The molecule has 5 heteroatoms. The molecule has 0 aliphatic heterocycles. The number of benzene rings is 1. The minimum atomic E-state index is 0.0664. The highest BCUT2D eigenvalue weighted by atomic mass is 32.1. The predicted molar refractivity (Wildman–Crippen MR) is 98.4 cm³/mol. The lowest BCUT2D eigenvalue weighted by Crippen LogP contribution is -2.35. The minimum absolute atomic E-state index is 0.0664. The quantitative estimate of drug-likeness (QED) is 0.746. The SMILES string of the molecule is O=c1c2sccc2ncn1CCNC(c1ccccc1)C1CCC1. The number of hydrogen-bond acceptors (Lipinski definition) is 4. The van der Waals surface area contributed by atoms with Gasteiger partial charge in [-0.15, -0.1) is 11.3 Å². The van der Waals surface area contributed by atoms with Crippen LogP contribution in [0.2, 0.25) is 0 Å². The summed E-state index contributed by atoms with van der Waals surface area (Å²) in [6, 6.07) is 12.9. The van der Waals surface area contributed by atoms with Gasteiger partial charge < -0.3 is 5.32 Å². The van der Waals surface area contributed by atoms with Gasteiger partial charge >= 0.3 is 0 Å². The molecule has 124 valence electrons. The average molecular weight is 339 g/mol. The van der Waals surface area contributed by atoms with Crippen molar-refractivity contribution in [2.75, 3.05) is 6.54 Å². The summed E-state index contributed by atoms with van der Waals surface area (Å²) in [5.41, 5.74) is 2.21. The maximum atomic E-state index is 12.4. The van der Waals surface area contributed by atoms with Crippen LogP contribution in [0.15, 0.2) is 52.9 Å². The number of hydrogen-bond donors (Lipinski definition) is 1. The van der Waals surface area contributed by atoms with Crippen molar-refractivity contribution in [2.24, 2.45) is 5.92 Å². The molecule has 1 aromatic carbocycles. The molecule has 1 saturated carbocycles. The molecule has 1 N–H and O–H groups in total. The molecule has 3 aromatic rings. The van der Waals surface area contributed by atoms with Crippen LogP contribution in [-0.2, 0) is 6.54 Å². The second-order valence-electron chi connectivity index (χ2n) is 6.41. The van der Waals surface area contributed by atoms with Crippen LogP contribution in [0.3, 0.4) is 0 Å². The van der Waals surface area contributed by atoms with E-state index in [9.17, 15) is 4.79 Å². The van der Waals surface area contributed by atoms with Crippen LogP contribution in [0.25, 0.3) is 10.2 Å². The number of aromatic nitrogens is 2. The van der Waals surface area contributed by atoms with E-state index in [0.29, 0.717) is 18.5 Å². The summed E-state index contributed by atoms with van der Waals surface area (Å²) in [6.07, 6.45) is 5.57. The molecule has 1 aliphatic rings. The maximum Gasteiger partial charge on any atom is 0.271 e. The smallest absolute Gasteiger partial charge is 0.271 e. The molecule has 1 atom stereocenters. The Labute approximate surface area is 145 Å². The number of nitrogens with zero attached hydrogens (tertiary/aromatic N) is 2. The van der Waals surface area contributed by atoms with Gasteiger partial charge in [0.05, 0.1) is 11.8 Å². The summed E-state index contributed by atoms with van der Waals surface area (Å²) in [6.45, 7) is 1.42. The molecule has 2 aromatic heterocycles. The van der Waals surface area contributed by atoms with Crippen molar-refractivity contribution in [3.63, 3.8) is 0 Å². The lowest BCUT2D eigenvalue weighted by molar-refractivity contribution is 0.229. The van der Waals surface area contributed by atoms with E-state index in [0.717, 1.165) is 16.8 Å². The van der Waals surface area contributed by atoms with E-state index < -0.39 is 0 Å². The van der Waals surface area contributed by atoms with Gasteiger partial charge in [-0.2, -0.15) is 0 Å². The van der Waals surface area contributed by atoms with Crippen LogP contribution < -0.4 is 10.9 Å². The topological polar surface area (TPSA) is 46.9 Å². The van der Waals surface area contributed by atoms with E-state index in [1.165, 1.54) is 36.2 Å². The molecule has 1 fully saturated rings. The summed E-state index contributed by atoms with van der Waals surface area (Å²) in [7, 11) is 0. The van der Waals surface area contributed by atoms with E-state index in [-0.39, 0.29) is 5.56 Å². The predicted octanol–water partition coefficient (Wildman–Crippen LogP) is 3.59. The van der Waals surface area contributed by atoms with Gasteiger partial charge in [0.1, 0.15) is 4.70 Å². The summed E-state index contributed by atoms with van der Waals surface area (Å²) < 4.78 is 2.46. The number of nitrogens with one attached hydrogen (secondary N) is 1. The van der Waals surface area contributed by atoms with Gasteiger partial charge in [-0.05, 0) is 35.8 Å². The molecule has 2 heterocycles. The molecule has 4 nitrogen and oxygen atoms in total. The Balaban J connectivity index is 1.46. The zero-order chi connectivity index (χ0) is 16.4. The van der Waals surface area contributed by atoms with Gasteiger partial charge in [-0.3, -0.25) is 9.36 Å². The normalized spacial score (nSPS) is 16.2. The Morgan fingerprint density at radius 1 is 1.25 bits per heavy atom. The molecule has 0 spiro atoms. The van der Waals surface area contributed by atoms with E-state index in [1.54, 1.807) is 10.9 Å². The number of fused-ring (bicyclic) bond motifs is 1. The van der Waals surface area contributed by atoms with Crippen LogP contribution in [0.1, 0.15) is 30.9 Å². The fraction of sp³-hybridized carbons (Fsp3) is 0.368. The van der Waals surface area contributed by atoms with E-state index in [2.05, 4.69) is 40.6 Å². The van der Waals surface area contributed by atoms with Crippen molar-refractivity contribution in [1.29, 1.82) is 0 Å². The van der Waals surface area contributed by atoms with Crippen LogP contribution in [0.5, 0.6) is 0 Å². The Kier molecular flexibility index (Phi) is 4.45. The zero-order valence-electron chi connectivity index (χ0n) is 13.5. The molecule has 0 bridgehead atoms. The first-order chi connectivity index (χ1) is 11.8. The Hall–Kier alpha value is -1.98. The van der Waals surface area contributed by atoms with Gasteiger partial charge in [0.15, 0.2) is 0 Å². The first-order valence-electron chi connectivity index (χ1n) is 8.54. The Bertz CT molecular complexity index is 867. The fourth-order valence-corrected chi connectivity index (χ4v) is 4.16. The van der Waals surface area contributed by atoms with Gasteiger partial charge in [0, 0.05) is 19.1 Å². The molecule has 0 amide bonds. The lowest BCUT2D eigenvalue weighted by atomic mass is 9.77. The largest absolute Gasteiger partial charge is 0.308 e. The summed E-state index contributed by atoms with van der Waals surface area (Å²) in [4.78, 5) is 16.8. The Morgan fingerprint density at radius 3 is 2.83 bits per heavy atom. The Morgan fingerprint density at radius 2 is 2.08 bits per heavy atom.